The molecule has 1 fully saturated rings. The normalized spacial score (nSPS) is 14.4. The molecule has 3 heterocycles. The first-order chi connectivity index (χ1) is 22.9. The second-order valence-corrected chi connectivity index (χ2v) is 11.5. The predicted molar refractivity (Wildman–Crippen MR) is 168 cm³/mol. The number of nitrogens with zero attached hydrogens (tertiary/aromatic N) is 4. The van der Waals surface area contributed by atoms with Crippen LogP contribution in [0.4, 0.5) is 23.2 Å². The average Bonchev–Trinajstić information content (AvgIpc) is 3.56. The zero-order chi connectivity index (χ0) is 34.6. The molecule has 48 heavy (non-hydrogen) atoms. The van der Waals surface area contributed by atoms with Gasteiger partial charge in [0.1, 0.15) is 17.6 Å². The number of ether oxygens (including phenoxy) is 2. The molecule has 2 aromatic heterocycles. The summed E-state index contributed by atoms with van der Waals surface area (Å²) in [7, 11) is 1.32. The van der Waals surface area contributed by atoms with E-state index in [0.29, 0.717) is 26.0 Å². The highest BCUT2D eigenvalue weighted by Crippen LogP contribution is 2.36. The van der Waals surface area contributed by atoms with Gasteiger partial charge in [-0.25, -0.2) is 9.07 Å². The predicted octanol–water partition coefficient (Wildman–Crippen LogP) is 5.66. The minimum Gasteiger partial charge on any atom is -0.495 e. The van der Waals surface area contributed by atoms with Crippen LogP contribution in [0.2, 0.25) is 5.02 Å². The topological polar surface area (TPSA) is 129 Å². The molecule has 0 bridgehead atoms. The summed E-state index contributed by atoms with van der Waals surface area (Å²) in [5, 5.41) is 12.3. The number of aromatic nitrogens is 4. The number of alkyl halides is 3. The van der Waals surface area contributed by atoms with E-state index >= 15 is 0 Å². The lowest BCUT2D eigenvalue weighted by molar-refractivity contribution is -0.141. The van der Waals surface area contributed by atoms with Crippen molar-refractivity contribution in [2.75, 3.05) is 32.2 Å². The SMILES string of the molecule is CC[C@@H](C(=O)Nc1ccc(C(=O)NCC2CCOCC2)c(F)c1)n1cc(OC)c(-c2cc(Cl)ccc2-n2cc(C(F)(F)F)nn2)cc1=O. The third-order valence-electron chi connectivity index (χ3n) is 7.94. The highest BCUT2D eigenvalue weighted by molar-refractivity contribution is 6.31. The van der Waals surface area contributed by atoms with Crippen LogP contribution in [-0.2, 0) is 15.7 Å². The Balaban J connectivity index is 1.38. The molecule has 16 heteroatoms. The monoisotopic (exact) mass is 690 g/mol. The number of amides is 2. The van der Waals surface area contributed by atoms with Crippen molar-refractivity contribution in [1.29, 1.82) is 0 Å². The maximum absolute atomic E-state index is 15.0. The van der Waals surface area contributed by atoms with Crippen LogP contribution in [-0.4, -0.2) is 58.2 Å². The maximum atomic E-state index is 15.0. The molecule has 1 saturated heterocycles. The smallest absolute Gasteiger partial charge is 0.436 e. The van der Waals surface area contributed by atoms with Gasteiger partial charge in [-0.1, -0.05) is 23.7 Å². The zero-order valence-corrected chi connectivity index (χ0v) is 26.6. The fourth-order valence-corrected chi connectivity index (χ4v) is 5.55. The van der Waals surface area contributed by atoms with Gasteiger partial charge in [-0.05, 0) is 61.6 Å². The van der Waals surface area contributed by atoms with Crippen molar-refractivity contribution in [3.8, 4) is 22.6 Å². The second-order valence-electron chi connectivity index (χ2n) is 11.1. The quantitative estimate of drug-likeness (QED) is 0.206. The van der Waals surface area contributed by atoms with Gasteiger partial charge in [0.2, 0.25) is 5.91 Å². The molecule has 2 aromatic carbocycles. The summed E-state index contributed by atoms with van der Waals surface area (Å²) in [5.74, 6) is -1.70. The molecule has 1 aliphatic rings. The molecule has 0 spiro atoms. The highest BCUT2D eigenvalue weighted by Gasteiger charge is 2.35. The molecule has 11 nitrogen and oxygen atoms in total. The minimum atomic E-state index is -4.73. The van der Waals surface area contributed by atoms with Gasteiger partial charge in [0, 0.05) is 47.7 Å². The Labute approximate surface area is 276 Å². The number of pyridine rings is 1. The lowest BCUT2D eigenvalue weighted by Crippen LogP contribution is -2.33. The van der Waals surface area contributed by atoms with Crippen LogP contribution in [0.25, 0.3) is 16.8 Å². The van der Waals surface area contributed by atoms with Crippen molar-refractivity contribution in [2.45, 2.75) is 38.4 Å². The molecule has 2 N–H and O–H groups in total. The Kier molecular flexibility index (Phi) is 10.5. The third-order valence-corrected chi connectivity index (χ3v) is 8.18. The van der Waals surface area contributed by atoms with Crippen molar-refractivity contribution >= 4 is 29.1 Å². The summed E-state index contributed by atoms with van der Waals surface area (Å²) in [4.78, 5) is 39.4. The lowest BCUT2D eigenvalue weighted by Gasteiger charge is -2.22. The van der Waals surface area contributed by atoms with E-state index in [4.69, 9.17) is 21.1 Å². The van der Waals surface area contributed by atoms with E-state index in [2.05, 4.69) is 20.9 Å². The highest BCUT2D eigenvalue weighted by atomic mass is 35.5. The summed E-state index contributed by atoms with van der Waals surface area (Å²) in [6.45, 7) is 3.30. The number of hydrogen-bond acceptors (Lipinski definition) is 7. The van der Waals surface area contributed by atoms with Gasteiger partial charge in [0.05, 0.1) is 30.8 Å². The van der Waals surface area contributed by atoms with Crippen LogP contribution < -0.4 is 20.9 Å². The molecule has 254 valence electrons. The van der Waals surface area contributed by atoms with Crippen LogP contribution in [0.15, 0.2) is 59.7 Å². The third kappa shape index (κ3) is 7.68. The Hall–Kier alpha value is -4.76. The average molecular weight is 691 g/mol. The zero-order valence-electron chi connectivity index (χ0n) is 25.8. The van der Waals surface area contributed by atoms with Crippen LogP contribution in [0, 0.1) is 11.7 Å². The molecule has 2 amide bonds. The summed E-state index contributed by atoms with van der Waals surface area (Å²) in [5.41, 5.74) is -1.45. The summed E-state index contributed by atoms with van der Waals surface area (Å²) < 4.78 is 67.5. The van der Waals surface area contributed by atoms with Crippen molar-refractivity contribution in [1.82, 2.24) is 24.9 Å². The van der Waals surface area contributed by atoms with Crippen LogP contribution >= 0.6 is 11.6 Å². The van der Waals surface area contributed by atoms with Gasteiger partial charge >= 0.3 is 6.18 Å². The molecular weight excluding hydrogens is 660 g/mol. The number of rotatable bonds is 10. The number of carbonyl (C=O) groups excluding carboxylic acids is 2. The fourth-order valence-electron chi connectivity index (χ4n) is 5.37. The number of carbonyl (C=O) groups is 2. The molecule has 1 aliphatic heterocycles. The Morgan fingerprint density at radius 1 is 1.10 bits per heavy atom. The first kappa shape index (κ1) is 34.6. The molecular formula is C32H31ClF4N6O5. The van der Waals surface area contributed by atoms with Crippen molar-refractivity contribution in [2.24, 2.45) is 5.92 Å². The van der Waals surface area contributed by atoms with Gasteiger partial charge in [-0.3, -0.25) is 19.0 Å². The van der Waals surface area contributed by atoms with Gasteiger partial charge in [-0.15, -0.1) is 5.10 Å². The Bertz CT molecular complexity index is 1870. The molecule has 0 radical (unpaired) electrons. The molecule has 0 saturated carbocycles. The van der Waals surface area contributed by atoms with E-state index in [1.807, 2.05) is 0 Å². The van der Waals surface area contributed by atoms with E-state index in [1.54, 1.807) is 6.92 Å². The second kappa shape index (κ2) is 14.6. The van der Waals surface area contributed by atoms with Gasteiger partial charge < -0.3 is 20.1 Å². The standard InChI is InChI=1S/C32H31ClF4N6O5/c1-3-25(31(46)39-20-5-6-21(24(34)13-20)30(45)38-15-18-8-10-48-11-9-18)42-16-27(47-2)23(14-29(42)44)22-12-19(33)4-7-26(22)43-17-28(40-41-43)32(35,36)37/h4-7,12-14,16-18,25H,3,8-11,15H2,1-2H3,(H,38,45)(H,39,46)/t25-/m0/s1. The number of nitrogens with one attached hydrogen (secondary N) is 2. The fraction of sp³-hybridized carbons (Fsp3) is 0.344. The van der Waals surface area contributed by atoms with Crippen molar-refractivity contribution in [3.63, 3.8) is 0 Å². The van der Waals surface area contributed by atoms with Gasteiger partial charge in [-0.2, -0.15) is 13.2 Å². The van der Waals surface area contributed by atoms with E-state index in [-0.39, 0.29) is 51.2 Å². The lowest BCUT2D eigenvalue weighted by atomic mass is 10.0. The number of halogens is 5. The maximum Gasteiger partial charge on any atom is 0.436 e. The Morgan fingerprint density at radius 3 is 2.50 bits per heavy atom. The number of anilines is 1. The van der Waals surface area contributed by atoms with Crippen molar-refractivity contribution < 1.29 is 36.6 Å². The van der Waals surface area contributed by atoms with Crippen molar-refractivity contribution in [3.05, 3.63) is 87.3 Å². The molecule has 0 unspecified atom stereocenters. The van der Waals surface area contributed by atoms with Crippen LogP contribution in [0.1, 0.15) is 48.3 Å². The summed E-state index contributed by atoms with van der Waals surface area (Å²) in [6, 6.07) is 8.06. The molecule has 0 aliphatic carbocycles. The van der Waals surface area contributed by atoms with E-state index in [1.165, 1.54) is 49.7 Å². The van der Waals surface area contributed by atoms with Gasteiger partial charge in [0.15, 0.2) is 5.69 Å². The van der Waals surface area contributed by atoms with E-state index in [9.17, 15) is 31.9 Å². The van der Waals surface area contributed by atoms with Crippen LogP contribution in [0.3, 0.4) is 0 Å². The first-order valence-electron chi connectivity index (χ1n) is 15.0. The Morgan fingerprint density at radius 2 is 1.85 bits per heavy atom. The minimum absolute atomic E-state index is 0.0724. The number of benzene rings is 2. The van der Waals surface area contributed by atoms with Crippen LogP contribution in [0.5, 0.6) is 5.75 Å². The summed E-state index contributed by atoms with van der Waals surface area (Å²) >= 11 is 6.22. The van der Waals surface area contributed by atoms with E-state index in [0.717, 1.165) is 28.2 Å². The summed E-state index contributed by atoms with van der Waals surface area (Å²) in [6.07, 6.45) is -0.976. The largest absolute Gasteiger partial charge is 0.495 e. The molecule has 5 rings (SSSR count). The number of methoxy groups -OCH3 is 1. The van der Waals surface area contributed by atoms with Gasteiger partial charge in [0.25, 0.3) is 11.5 Å². The molecule has 4 aromatic rings. The first-order valence-corrected chi connectivity index (χ1v) is 15.3. The van der Waals surface area contributed by atoms with E-state index < -0.39 is 41.1 Å². The molecule has 1 atom stereocenters. The number of hydrogen-bond donors (Lipinski definition) is 2.